The summed E-state index contributed by atoms with van der Waals surface area (Å²) in [7, 11) is 4.57. The lowest BCUT2D eigenvalue weighted by Crippen LogP contribution is -2.21. The first kappa shape index (κ1) is 21.5. The van der Waals surface area contributed by atoms with Crippen molar-refractivity contribution in [1.82, 2.24) is 0 Å². The number of rotatable bonds is 1. The van der Waals surface area contributed by atoms with E-state index in [0.29, 0.717) is 0 Å². The SMILES string of the molecule is COc1c(C(C)(C)C)cc(P)cc1C(C)(C)C.c1ccc2ccccc2c1. The fraction of sp³-hybridized carbons (Fsp3) is 0.360. The third-order valence-electron chi connectivity index (χ3n) is 4.59. The van der Waals surface area contributed by atoms with Gasteiger partial charge in [-0.3, -0.25) is 0 Å². The van der Waals surface area contributed by atoms with Gasteiger partial charge in [-0.15, -0.1) is 9.24 Å². The molecule has 0 bridgehead atoms. The van der Waals surface area contributed by atoms with Crippen LogP contribution in [0.1, 0.15) is 52.7 Å². The van der Waals surface area contributed by atoms with E-state index in [-0.39, 0.29) is 10.8 Å². The van der Waals surface area contributed by atoms with Gasteiger partial charge in [0.15, 0.2) is 0 Å². The monoisotopic (exact) mass is 380 g/mol. The van der Waals surface area contributed by atoms with Gasteiger partial charge in [0.1, 0.15) is 5.75 Å². The Morgan fingerprint density at radius 1 is 0.667 bits per heavy atom. The zero-order valence-corrected chi connectivity index (χ0v) is 18.9. The molecule has 144 valence electrons. The van der Waals surface area contributed by atoms with Crippen molar-refractivity contribution in [3.05, 3.63) is 71.8 Å². The van der Waals surface area contributed by atoms with Gasteiger partial charge in [-0.2, -0.15) is 0 Å². The van der Waals surface area contributed by atoms with Crippen LogP contribution in [0, 0.1) is 0 Å². The van der Waals surface area contributed by atoms with Crippen LogP contribution >= 0.6 is 9.24 Å². The first-order valence-electron chi connectivity index (χ1n) is 9.46. The van der Waals surface area contributed by atoms with Crippen molar-refractivity contribution in [2.45, 2.75) is 52.4 Å². The fourth-order valence-corrected chi connectivity index (χ4v) is 3.45. The Morgan fingerprint density at radius 2 is 1.00 bits per heavy atom. The molecule has 0 saturated carbocycles. The molecule has 0 amide bonds. The third kappa shape index (κ3) is 5.56. The highest BCUT2D eigenvalue weighted by Crippen LogP contribution is 2.39. The highest BCUT2D eigenvalue weighted by molar-refractivity contribution is 7.27. The summed E-state index contributed by atoms with van der Waals surface area (Å²) in [6, 6.07) is 21.1. The summed E-state index contributed by atoms with van der Waals surface area (Å²) in [5.74, 6) is 1.04. The van der Waals surface area contributed by atoms with Gasteiger partial charge in [0.25, 0.3) is 0 Å². The second-order valence-electron chi connectivity index (χ2n) is 9.00. The molecule has 3 aromatic carbocycles. The molecule has 0 aliphatic heterocycles. The van der Waals surface area contributed by atoms with Crippen LogP contribution in [-0.4, -0.2) is 7.11 Å². The minimum atomic E-state index is 0.0952. The summed E-state index contributed by atoms with van der Waals surface area (Å²) in [4.78, 5) is 0. The van der Waals surface area contributed by atoms with Crippen LogP contribution in [0.15, 0.2) is 60.7 Å². The van der Waals surface area contributed by atoms with Crippen molar-refractivity contribution in [3.63, 3.8) is 0 Å². The molecule has 0 heterocycles. The van der Waals surface area contributed by atoms with Gasteiger partial charge >= 0.3 is 0 Å². The van der Waals surface area contributed by atoms with E-state index in [1.807, 2.05) is 0 Å². The number of benzene rings is 3. The van der Waals surface area contributed by atoms with E-state index in [9.17, 15) is 0 Å². The molecule has 0 spiro atoms. The topological polar surface area (TPSA) is 9.23 Å². The predicted molar refractivity (Wildman–Crippen MR) is 124 cm³/mol. The Morgan fingerprint density at radius 3 is 1.26 bits per heavy atom. The van der Waals surface area contributed by atoms with Crippen molar-refractivity contribution >= 4 is 25.3 Å². The Hall–Kier alpha value is -1.85. The van der Waals surface area contributed by atoms with Crippen molar-refractivity contribution in [2.75, 3.05) is 7.11 Å². The molecule has 1 nitrogen and oxygen atoms in total. The van der Waals surface area contributed by atoms with Crippen LogP contribution in [0.2, 0.25) is 0 Å². The maximum Gasteiger partial charge on any atom is 0.126 e. The molecule has 27 heavy (non-hydrogen) atoms. The minimum Gasteiger partial charge on any atom is -0.496 e. The molecule has 3 rings (SSSR count). The highest BCUT2D eigenvalue weighted by Gasteiger charge is 2.26. The molecule has 1 atom stereocenters. The standard InChI is InChI=1S/C15H25OP.C10H8/c1-14(2,3)11-8-10(17)9-12(13(11)16-7)15(4,5)6;1-2-6-10-8-4-3-7-9(10)5-1/h8-9H,17H2,1-7H3;1-8H. The van der Waals surface area contributed by atoms with Crippen molar-refractivity contribution in [1.29, 1.82) is 0 Å². The molecule has 1 unspecified atom stereocenters. The summed E-state index contributed by atoms with van der Waals surface area (Å²) in [5.41, 5.74) is 2.74. The molecule has 0 aliphatic rings. The van der Waals surface area contributed by atoms with Gasteiger partial charge in [0.2, 0.25) is 0 Å². The Labute approximate surface area is 167 Å². The van der Waals surface area contributed by atoms with E-state index in [1.165, 1.54) is 27.2 Å². The van der Waals surface area contributed by atoms with Crippen LogP contribution in [0.3, 0.4) is 0 Å². The zero-order chi connectivity index (χ0) is 20.2. The van der Waals surface area contributed by atoms with Gasteiger partial charge in [0.05, 0.1) is 7.11 Å². The maximum absolute atomic E-state index is 5.68. The van der Waals surface area contributed by atoms with E-state index in [4.69, 9.17) is 4.74 Å². The maximum atomic E-state index is 5.68. The lowest BCUT2D eigenvalue weighted by atomic mass is 9.79. The predicted octanol–water partition coefficient (Wildman–Crippen LogP) is 6.63. The first-order valence-corrected chi connectivity index (χ1v) is 10.0. The molecule has 0 fully saturated rings. The van der Waals surface area contributed by atoms with E-state index in [0.717, 1.165) is 5.75 Å². The van der Waals surface area contributed by atoms with Crippen LogP contribution in [0.25, 0.3) is 10.8 Å². The van der Waals surface area contributed by atoms with Crippen molar-refractivity contribution < 1.29 is 4.74 Å². The van der Waals surface area contributed by atoms with E-state index < -0.39 is 0 Å². The third-order valence-corrected chi connectivity index (χ3v) is 4.92. The number of ether oxygens (including phenoxy) is 1. The molecular formula is C25H33OP. The van der Waals surface area contributed by atoms with E-state index >= 15 is 0 Å². The Bertz CT molecular complexity index is 798. The smallest absolute Gasteiger partial charge is 0.126 e. The number of methoxy groups -OCH3 is 1. The normalized spacial score (nSPS) is 11.7. The summed E-state index contributed by atoms with van der Waals surface area (Å²) >= 11 is 0. The van der Waals surface area contributed by atoms with Crippen molar-refractivity contribution in [2.24, 2.45) is 0 Å². The van der Waals surface area contributed by atoms with Gasteiger partial charge in [-0.05, 0) is 39.0 Å². The quantitative estimate of drug-likeness (QED) is 0.431. The Kier molecular flexibility index (Phi) is 6.71. The molecule has 0 aromatic heterocycles. The van der Waals surface area contributed by atoms with Gasteiger partial charge in [-0.25, -0.2) is 0 Å². The molecule has 0 N–H and O–H groups in total. The lowest BCUT2D eigenvalue weighted by molar-refractivity contribution is 0.382. The van der Waals surface area contributed by atoms with Gasteiger partial charge in [0, 0.05) is 11.1 Å². The van der Waals surface area contributed by atoms with Crippen LogP contribution < -0.4 is 10.0 Å². The lowest BCUT2D eigenvalue weighted by Gasteiger charge is -2.29. The van der Waals surface area contributed by atoms with Crippen LogP contribution in [0.4, 0.5) is 0 Å². The minimum absolute atomic E-state index is 0.0952. The number of hydrogen-bond donors (Lipinski definition) is 0. The summed E-state index contributed by atoms with van der Waals surface area (Å²) in [5, 5.41) is 3.84. The molecule has 0 radical (unpaired) electrons. The Balaban J connectivity index is 0.000000219. The number of hydrogen-bond acceptors (Lipinski definition) is 1. The average Bonchev–Trinajstić information content (AvgIpc) is 2.60. The molecule has 3 aromatic rings. The van der Waals surface area contributed by atoms with Crippen molar-refractivity contribution in [3.8, 4) is 5.75 Å². The second-order valence-corrected chi connectivity index (χ2v) is 9.66. The highest BCUT2D eigenvalue weighted by atomic mass is 31.0. The van der Waals surface area contributed by atoms with Crippen LogP contribution in [-0.2, 0) is 10.8 Å². The molecular weight excluding hydrogens is 347 g/mol. The largest absolute Gasteiger partial charge is 0.496 e. The molecule has 0 aliphatic carbocycles. The summed E-state index contributed by atoms with van der Waals surface area (Å²) in [6.07, 6.45) is 0. The van der Waals surface area contributed by atoms with Crippen LogP contribution in [0.5, 0.6) is 5.75 Å². The second kappa shape index (κ2) is 8.44. The first-order chi connectivity index (χ1) is 12.5. The average molecular weight is 381 g/mol. The zero-order valence-electron chi connectivity index (χ0n) is 17.8. The molecule has 0 saturated heterocycles. The van der Waals surface area contributed by atoms with Gasteiger partial charge in [-0.1, -0.05) is 90.1 Å². The number of fused-ring (bicyclic) bond motifs is 1. The van der Waals surface area contributed by atoms with Gasteiger partial charge < -0.3 is 4.74 Å². The summed E-state index contributed by atoms with van der Waals surface area (Å²) < 4.78 is 5.68. The van der Waals surface area contributed by atoms with E-state index in [2.05, 4.69) is 111 Å². The molecule has 2 heteroatoms. The fourth-order valence-electron chi connectivity index (χ4n) is 3.12. The van der Waals surface area contributed by atoms with E-state index in [1.54, 1.807) is 7.11 Å². The summed E-state index contributed by atoms with van der Waals surface area (Å²) in [6.45, 7) is 13.3.